The average molecular weight is 312 g/mol. The number of aromatic carboxylic acids is 1. The van der Waals surface area contributed by atoms with E-state index in [-0.39, 0.29) is 22.5 Å². The molecule has 0 saturated heterocycles. The van der Waals surface area contributed by atoms with Crippen LogP contribution in [-0.2, 0) is 5.41 Å². The first kappa shape index (κ1) is 15.0. The Balaban J connectivity index is 2.18. The van der Waals surface area contributed by atoms with Gasteiger partial charge in [0.05, 0.1) is 22.7 Å². The first-order valence-electron chi connectivity index (χ1n) is 7.08. The molecule has 3 rings (SSSR count). The maximum atomic E-state index is 12.2. The highest BCUT2D eigenvalue weighted by atomic mass is 16.4. The summed E-state index contributed by atoms with van der Waals surface area (Å²) in [5, 5.41) is 13.4. The average Bonchev–Trinajstić information content (AvgIpc) is 2.95. The van der Waals surface area contributed by atoms with Gasteiger partial charge in [0.25, 0.3) is 5.56 Å². The van der Waals surface area contributed by atoms with Gasteiger partial charge >= 0.3 is 5.97 Å². The van der Waals surface area contributed by atoms with Crippen LogP contribution in [0.25, 0.3) is 16.9 Å². The van der Waals surface area contributed by atoms with E-state index in [1.165, 1.54) is 17.1 Å². The number of hydrogen-bond acceptors (Lipinski definition) is 4. The number of carbonyl (C=O) groups is 1. The number of carboxylic acid groups (broad SMARTS) is 1. The van der Waals surface area contributed by atoms with E-state index in [4.69, 9.17) is 5.11 Å². The van der Waals surface area contributed by atoms with Crippen molar-refractivity contribution in [2.45, 2.75) is 26.2 Å². The highest BCUT2D eigenvalue weighted by Gasteiger charge is 2.16. The highest BCUT2D eigenvalue weighted by Crippen LogP contribution is 2.24. The zero-order chi connectivity index (χ0) is 16.8. The van der Waals surface area contributed by atoms with Gasteiger partial charge in [0.2, 0.25) is 5.95 Å². The second kappa shape index (κ2) is 5.05. The Bertz CT molecular complexity index is 963. The fourth-order valence-corrected chi connectivity index (χ4v) is 2.25. The third-order valence-electron chi connectivity index (χ3n) is 3.61. The van der Waals surface area contributed by atoms with Gasteiger partial charge in [-0.1, -0.05) is 26.8 Å². The third-order valence-corrected chi connectivity index (χ3v) is 3.61. The van der Waals surface area contributed by atoms with Crippen molar-refractivity contribution in [2.24, 2.45) is 0 Å². The van der Waals surface area contributed by atoms with Gasteiger partial charge in [0, 0.05) is 6.20 Å². The van der Waals surface area contributed by atoms with Crippen LogP contribution in [0, 0.1) is 0 Å². The fraction of sp³-hybridized carbons (Fsp3) is 0.250. The summed E-state index contributed by atoms with van der Waals surface area (Å²) in [4.78, 5) is 30.2. The van der Waals surface area contributed by atoms with Crippen molar-refractivity contribution in [1.29, 1.82) is 0 Å². The van der Waals surface area contributed by atoms with Gasteiger partial charge < -0.3 is 5.11 Å². The summed E-state index contributed by atoms with van der Waals surface area (Å²) < 4.78 is 1.24. The summed E-state index contributed by atoms with van der Waals surface area (Å²) in [5.74, 6) is -0.907. The number of nitrogens with zero attached hydrogens (tertiary/aromatic N) is 3. The van der Waals surface area contributed by atoms with E-state index in [1.807, 2.05) is 12.1 Å². The summed E-state index contributed by atoms with van der Waals surface area (Å²) in [5.41, 5.74) is 1.26. The fourth-order valence-electron chi connectivity index (χ4n) is 2.25. The van der Waals surface area contributed by atoms with Gasteiger partial charge in [-0.15, -0.1) is 0 Å². The number of H-pyrrole nitrogens is 1. The Morgan fingerprint density at radius 2 is 2.04 bits per heavy atom. The molecule has 23 heavy (non-hydrogen) atoms. The minimum Gasteiger partial charge on any atom is -0.478 e. The molecular formula is C16H16N4O3. The minimum atomic E-state index is -1.09. The summed E-state index contributed by atoms with van der Waals surface area (Å²) >= 11 is 0. The molecule has 0 aliphatic heterocycles. The van der Waals surface area contributed by atoms with Crippen LogP contribution in [-0.4, -0.2) is 30.8 Å². The molecule has 0 radical (unpaired) electrons. The Kier molecular flexibility index (Phi) is 3.28. The molecule has 0 amide bonds. The summed E-state index contributed by atoms with van der Waals surface area (Å²) in [6, 6.07) is 5.53. The quantitative estimate of drug-likeness (QED) is 0.754. The van der Waals surface area contributed by atoms with Crippen molar-refractivity contribution in [2.75, 3.05) is 0 Å². The normalized spacial score (nSPS) is 11.8. The third kappa shape index (κ3) is 2.73. The number of fused-ring (bicyclic) bond motifs is 1. The number of aromatic nitrogens is 4. The standard InChI is InChI=1S/C16H16N4O3/c1-16(2,3)10-4-5-11-12(6-10)18-15(19-13(11)21)20-8-9(7-17-20)14(22)23/h4-8H,1-3H3,(H,22,23)(H,18,19,21). The van der Waals surface area contributed by atoms with Gasteiger partial charge in [0.1, 0.15) is 0 Å². The van der Waals surface area contributed by atoms with Crippen molar-refractivity contribution in [3.8, 4) is 5.95 Å². The maximum absolute atomic E-state index is 12.2. The van der Waals surface area contributed by atoms with Crippen LogP contribution in [0.4, 0.5) is 0 Å². The molecule has 0 aliphatic carbocycles. The van der Waals surface area contributed by atoms with E-state index in [2.05, 4.69) is 35.8 Å². The van der Waals surface area contributed by atoms with Crippen LogP contribution in [0.15, 0.2) is 35.4 Å². The van der Waals surface area contributed by atoms with Crippen LogP contribution in [0.1, 0.15) is 36.7 Å². The van der Waals surface area contributed by atoms with E-state index in [0.717, 1.165) is 5.56 Å². The highest BCUT2D eigenvalue weighted by molar-refractivity contribution is 5.87. The molecule has 0 bridgehead atoms. The molecule has 2 N–H and O–H groups in total. The van der Waals surface area contributed by atoms with Crippen LogP contribution >= 0.6 is 0 Å². The second-order valence-electron chi connectivity index (χ2n) is 6.35. The molecule has 118 valence electrons. The van der Waals surface area contributed by atoms with Gasteiger partial charge in [-0.05, 0) is 23.1 Å². The van der Waals surface area contributed by atoms with E-state index in [9.17, 15) is 9.59 Å². The van der Waals surface area contributed by atoms with Gasteiger partial charge in [0.15, 0.2) is 0 Å². The van der Waals surface area contributed by atoms with Gasteiger partial charge in [-0.3, -0.25) is 9.78 Å². The molecule has 1 aromatic carbocycles. The molecule has 2 aromatic heterocycles. The van der Waals surface area contributed by atoms with Crippen molar-refractivity contribution in [3.63, 3.8) is 0 Å². The predicted octanol–water partition coefficient (Wildman–Crippen LogP) is 2.10. The lowest BCUT2D eigenvalue weighted by atomic mass is 9.87. The number of nitrogens with one attached hydrogen (secondary N) is 1. The van der Waals surface area contributed by atoms with Crippen LogP contribution < -0.4 is 5.56 Å². The summed E-state index contributed by atoms with van der Waals surface area (Å²) in [6.45, 7) is 6.23. The van der Waals surface area contributed by atoms with Crippen molar-refractivity contribution >= 4 is 16.9 Å². The molecular weight excluding hydrogens is 296 g/mol. The first-order valence-corrected chi connectivity index (χ1v) is 7.08. The van der Waals surface area contributed by atoms with Crippen molar-refractivity contribution in [1.82, 2.24) is 19.7 Å². The lowest BCUT2D eigenvalue weighted by molar-refractivity contribution is 0.0697. The van der Waals surface area contributed by atoms with E-state index >= 15 is 0 Å². The van der Waals surface area contributed by atoms with Crippen molar-refractivity contribution < 1.29 is 9.90 Å². The maximum Gasteiger partial charge on any atom is 0.338 e. The minimum absolute atomic E-state index is 0.0242. The van der Waals surface area contributed by atoms with Crippen LogP contribution in [0.5, 0.6) is 0 Å². The lowest BCUT2D eigenvalue weighted by Crippen LogP contribution is -2.16. The second-order valence-corrected chi connectivity index (χ2v) is 6.35. The molecule has 0 unspecified atom stereocenters. The Morgan fingerprint density at radius 3 is 2.65 bits per heavy atom. The zero-order valence-electron chi connectivity index (χ0n) is 13.0. The molecule has 2 heterocycles. The number of aromatic amines is 1. The number of hydrogen-bond donors (Lipinski definition) is 2. The molecule has 7 heteroatoms. The van der Waals surface area contributed by atoms with E-state index in [0.29, 0.717) is 10.9 Å². The largest absolute Gasteiger partial charge is 0.478 e. The number of benzene rings is 1. The van der Waals surface area contributed by atoms with Crippen LogP contribution in [0.3, 0.4) is 0 Å². The smallest absolute Gasteiger partial charge is 0.338 e. The molecule has 0 aliphatic rings. The molecule has 0 spiro atoms. The first-order chi connectivity index (χ1) is 10.8. The Labute approximate surface area is 131 Å². The lowest BCUT2D eigenvalue weighted by Gasteiger charge is -2.19. The van der Waals surface area contributed by atoms with Gasteiger partial charge in [-0.25, -0.2) is 14.5 Å². The Morgan fingerprint density at radius 1 is 1.30 bits per heavy atom. The molecule has 3 aromatic rings. The monoisotopic (exact) mass is 312 g/mol. The molecule has 7 nitrogen and oxygen atoms in total. The summed E-state index contributed by atoms with van der Waals surface area (Å²) in [6.07, 6.45) is 2.51. The summed E-state index contributed by atoms with van der Waals surface area (Å²) in [7, 11) is 0. The Hall–Kier alpha value is -2.96. The molecule has 0 atom stereocenters. The number of carboxylic acids is 1. The predicted molar refractivity (Wildman–Crippen MR) is 85.1 cm³/mol. The topological polar surface area (TPSA) is 101 Å². The molecule has 0 saturated carbocycles. The van der Waals surface area contributed by atoms with E-state index < -0.39 is 5.97 Å². The number of rotatable bonds is 2. The van der Waals surface area contributed by atoms with E-state index in [1.54, 1.807) is 6.07 Å². The van der Waals surface area contributed by atoms with Gasteiger partial charge in [-0.2, -0.15) is 5.10 Å². The SMILES string of the molecule is CC(C)(C)c1ccc2c(=O)[nH]c(-n3cc(C(=O)O)cn3)nc2c1. The van der Waals surface area contributed by atoms with Crippen LogP contribution in [0.2, 0.25) is 0 Å². The van der Waals surface area contributed by atoms with Crippen molar-refractivity contribution in [3.05, 3.63) is 52.1 Å². The zero-order valence-corrected chi connectivity index (χ0v) is 13.0. The molecule has 0 fully saturated rings.